The lowest BCUT2D eigenvalue weighted by Gasteiger charge is -2.22. The molecule has 1 aromatic rings. The molecule has 0 aliphatic heterocycles. The molecule has 3 nitrogen and oxygen atoms in total. The van der Waals surface area contributed by atoms with Gasteiger partial charge in [-0.1, -0.05) is 38.1 Å². The van der Waals surface area contributed by atoms with E-state index in [1.165, 1.54) is 5.56 Å². The summed E-state index contributed by atoms with van der Waals surface area (Å²) < 4.78 is 11.4. The number of aliphatic hydroxyl groups is 1. The molecule has 0 spiro atoms. The van der Waals surface area contributed by atoms with Crippen molar-refractivity contribution in [2.24, 2.45) is 5.92 Å². The number of benzene rings is 1. The monoisotopic (exact) mass is 278 g/mol. The molecule has 1 N–H and O–H groups in total. The molecule has 0 amide bonds. The van der Waals surface area contributed by atoms with Crippen LogP contribution in [0.15, 0.2) is 24.3 Å². The maximum atomic E-state index is 10.5. The average molecular weight is 278 g/mol. The summed E-state index contributed by atoms with van der Waals surface area (Å²) in [7, 11) is 0. The van der Waals surface area contributed by atoms with Crippen molar-refractivity contribution < 1.29 is 14.6 Å². The van der Waals surface area contributed by atoms with E-state index in [4.69, 9.17) is 9.47 Å². The third-order valence-corrected chi connectivity index (χ3v) is 3.67. The Morgan fingerprint density at radius 3 is 2.85 bits per heavy atom. The summed E-state index contributed by atoms with van der Waals surface area (Å²) in [6.45, 7) is 6.18. The first-order valence-electron chi connectivity index (χ1n) is 7.63. The van der Waals surface area contributed by atoms with Gasteiger partial charge >= 0.3 is 0 Å². The Morgan fingerprint density at radius 2 is 2.05 bits per heavy atom. The normalized spacial score (nSPS) is 22.6. The predicted molar refractivity (Wildman–Crippen MR) is 79.7 cm³/mol. The van der Waals surface area contributed by atoms with Crippen LogP contribution in [0.1, 0.15) is 43.9 Å². The Morgan fingerprint density at radius 1 is 1.25 bits per heavy atom. The lowest BCUT2D eigenvalue weighted by atomic mass is 10.0. The maximum Gasteiger partial charge on any atom is 0.105 e. The third kappa shape index (κ3) is 4.30. The van der Waals surface area contributed by atoms with Crippen molar-refractivity contribution in [1.29, 1.82) is 0 Å². The molecule has 0 bridgehead atoms. The van der Waals surface area contributed by atoms with Crippen molar-refractivity contribution in [3.63, 3.8) is 0 Å². The van der Waals surface area contributed by atoms with Crippen LogP contribution in [0.3, 0.4) is 0 Å². The molecule has 0 aromatic heterocycles. The van der Waals surface area contributed by atoms with Crippen LogP contribution < -0.4 is 0 Å². The molecule has 0 saturated heterocycles. The van der Waals surface area contributed by atoms with Crippen LogP contribution in [0, 0.1) is 5.92 Å². The highest BCUT2D eigenvalue weighted by molar-refractivity contribution is 5.30. The predicted octanol–water partition coefficient (Wildman–Crippen LogP) is 3.11. The number of hydrogen-bond acceptors (Lipinski definition) is 3. The Balaban J connectivity index is 1.83. The van der Waals surface area contributed by atoms with E-state index in [0.717, 1.165) is 31.4 Å². The van der Waals surface area contributed by atoms with Crippen molar-refractivity contribution in [3.05, 3.63) is 35.4 Å². The third-order valence-electron chi connectivity index (χ3n) is 3.67. The fourth-order valence-corrected chi connectivity index (χ4v) is 2.65. The lowest BCUT2D eigenvalue weighted by Crippen LogP contribution is -2.23. The van der Waals surface area contributed by atoms with Crippen LogP contribution in [0.4, 0.5) is 0 Å². The zero-order valence-electron chi connectivity index (χ0n) is 12.5. The van der Waals surface area contributed by atoms with E-state index in [-0.39, 0.29) is 6.10 Å². The molecule has 2 atom stereocenters. The van der Waals surface area contributed by atoms with Gasteiger partial charge in [-0.25, -0.2) is 0 Å². The molecular weight excluding hydrogens is 252 g/mol. The summed E-state index contributed by atoms with van der Waals surface area (Å²) in [6.07, 6.45) is 2.36. The number of rotatable bonds is 6. The first-order chi connectivity index (χ1) is 9.68. The molecule has 20 heavy (non-hydrogen) atoms. The quantitative estimate of drug-likeness (QED) is 0.642. The first-order valence-corrected chi connectivity index (χ1v) is 7.63. The minimum Gasteiger partial charge on any atom is -0.386 e. The van der Waals surface area contributed by atoms with Crippen molar-refractivity contribution in [1.82, 2.24) is 0 Å². The molecular formula is C17H26O3. The minimum absolute atomic E-state index is 0.110. The molecule has 0 radical (unpaired) electrons. The van der Waals surface area contributed by atoms with Crippen LogP contribution in [-0.2, 0) is 15.9 Å². The summed E-state index contributed by atoms with van der Waals surface area (Å²) in [5.74, 6) is 0.547. The van der Waals surface area contributed by atoms with Crippen LogP contribution in [0.2, 0.25) is 0 Å². The van der Waals surface area contributed by atoms with Gasteiger partial charge in [0, 0.05) is 6.61 Å². The number of ether oxygens (including phenoxy) is 2. The van der Waals surface area contributed by atoms with Crippen molar-refractivity contribution in [2.75, 3.05) is 19.8 Å². The van der Waals surface area contributed by atoms with Gasteiger partial charge in [-0.15, -0.1) is 0 Å². The highest BCUT2D eigenvalue weighted by Gasteiger charge is 2.26. The average Bonchev–Trinajstić information content (AvgIpc) is 2.59. The van der Waals surface area contributed by atoms with Gasteiger partial charge in [-0.2, -0.15) is 0 Å². The van der Waals surface area contributed by atoms with E-state index in [1.807, 2.05) is 18.2 Å². The van der Waals surface area contributed by atoms with Crippen molar-refractivity contribution in [3.8, 4) is 0 Å². The standard InChI is InChI=1S/C17H26O3/c1-13(2)12-19-10-11-20-16-9-5-7-14-6-3-4-8-15(14)17(16)18/h3-4,6,8,13,16-18H,5,7,9-12H2,1-2H3. The van der Waals surface area contributed by atoms with Gasteiger partial charge in [0.2, 0.25) is 0 Å². The molecule has 1 aromatic carbocycles. The van der Waals surface area contributed by atoms with Crippen LogP contribution in [-0.4, -0.2) is 31.0 Å². The van der Waals surface area contributed by atoms with E-state index in [1.54, 1.807) is 0 Å². The van der Waals surface area contributed by atoms with Gasteiger partial charge in [0.25, 0.3) is 0 Å². The largest absolute Gasteiger partial charge is 0.386 e. The fourth-order valence-electron chi connectivity index (χ4n) is 2.65. The van der Waals surface area contributed by atoms with E-state index in [9.17, 15) is 5.11 Å². The van der Waals surface area contributed by atoms with Crippen LogP contribution in [0.5, 0.6) is 0 Å². The molecule has 1 aliphatic carbocycles. The minimum atomic E-state index is -0.515. The second-order valence-corrected chi connectivity index (χ2v) is 5.91. The number of fused-ring (bicyclic) bond motifs is 1. The van der Waals surface area contributed by atoms with Gasteiger partial charge in [0.15, 0.2) is 0 Å². The Labute approximate surface area is 121 Å². The molecule has 3 heteroatoms. The zero-order valence-corrected chi connectivity index (χ0v) is 12.5. The van der Waals surface area contributed by atoms with Crippen molar-refractivity contribution in [2.45, 2.75) is 45.3 Å². The maximum absolute atomic E-state index is 10.5. The molecule has 2 rings (SSSR count). The van der Waals surface area contributed by atoms with E-state index in [2.05, 4.69) is 19.9 Å². The first kappa shape index (κ1) is 15.5. The number of hydrogen-bond donors (Lipinski definition) is 1. The molecule has 2 unspecified atom stereocenters. The molecule has 0 fully saturated rings. The van der Waals surface area contributed by atoms with Crippen molar-refractivity contribution >= 4 is 0 Å². The molecule has 0 heterocycles. The molecule has 1 aliphatic rings. The van der Waals surface area contributed by atoms with Crippen LogP contribution in [0.25, 0.3) is 0 Å². The van der Waals surface area contributed by atoms with Crippen LogP contribution >= 0.6 is 0 Å². The van der Waals surface area contributed by atoms with E-state index in [0.29, 0.717) is 19.1 Å². The SMILES string of the molecule is CC(C)COCCOC1CCCc2ccccc2C1O. The Hall–Kier alpha value is -0.900. The molecule has 0 saturated carbocycles. The zero-order chi connectivity index (χ0) is 14.4. The van der Waals surface area contributed by atoms with E-state index >= 15 is 0 Å². The number of aliphatic hydroxyl groups excluding tert-OH is 1. The lowest BCUT2D eigenvalue weighted by molar-refractivity contribution is -0.0616. The summed E-state index contributed by atoms with van der Waals surface area (Å²) in [5.41, 5.74) is 2.28. The molecule has 112 valence electrons. The second kappa shape index (κ2) is 7.77. The Kier molecular flexibility index (Phi) is 6.02. The highest BCUT2D eigenvalue weighted by atomic mass is 16.5. The highest BCUT2D eigenvalue weighted by Crippen LogP contribution is 2.30. The number of aryl methyl sites for hydroxylation is 1. The van der Waals surface area contributed by atoms with Gasteiger partial charge in [0.05, 0.1) is 19.3 Å². The Bertz CT molecular complexity index is 403. The summed E-state index contributed by atoms with van der Waals surface area (Å²) in [6, 6.07) is 8.13. The van der Waals surface area contributed by atoms with Gasteiger partial charge in [-0.05, 0) is 36.3 Å². The smallest absolute Gasteiger partial charge is 0.105 e. The summed E-state index contributed by atoms with van der Waals surface area (Å²) in [5, 5.41) is 10.5. The van der Waals surface area contributed by atoms with Gasteiger partial charge in [0.1, 0.15) is 6.10 Å². The van der Waals surface area contributed by atoms with Gasteiger partial charge < -0.3 is 14.6 Å². The van der Waals surface area contributed by atoms with Gasteiger partial charge in [-0.3, -0.25) is 0 Å². The second-order valence-electron chi connectivity index (χ2n) is 5.91. The summed E-state index contributed by atoms with van der Waals surface area (Å²) >= 11 is 0. The van der Waals surface area contributed by atoms with E-state index < -0.39 is 6.10 Å². The fraction of sp³-hybridized carbons (Fsp3) is 0.647. The topological polar surface area (TPSA) is 38.7 Å². The summed E-state index contributed by atoms with van der Waals surface area (Å²) in [4.78, 5) is 0.